The first-order chi connectivity index (χ1) is 4.66. The van der Waals surface area contributed by atoms with Crippen LogP contribution < -0.4 is 0 Å². The molecule has 0 spiro atoms. The number of hydrogen-bond acceptors (Lipinski definition) is 1. The highest BCUT2D eigenvalue weighted by molar-refractivity contribution is 6.42. The second-order valence-electron chi connectivity index (χ2n) is 1.52. The Morgan fingerprint density at radius 3 is 2.20 bits per heavy atom. The van der Waals surface area contributed by atoms with Crippen LogP contribution in [0.4, 0.5) is 0 Å². The standard InChI is InChI=1S/C5H3Cl3N2/c1-2-10-4(7)3(6)9-5(10)8/h2H,1H2. The highest BCUT2D eigenvalue weighted by Gasteiger charge is 2.08. The molecule has 0 radical (unpaired) electrons. The molecule has 0 saturated carbocycles. The quantitative estimate of drug-likeness (QED) is 0.677. The lowest BCUT2D eigenvalue weighted by Gasteiger charge is -1.92. The van der Waals surface area contributed by atoms with Crippen molar-refractivity contribution in [1.29, 1.82) is 0 Å². The van der Waals surface area contributed by atoms with E-state index in [1.54, 1.807) is 0 Å². The van der Waals surface area contributed by atoms with Crippen molar-refractivity contribution in [1.82, 2.24) is 9.55 Å². The van der Waals surface area contributed by atoms with Crippen molar-refractivity contribution < 1.29 is 0 Å². The van der Waals surface area contributed by atoms with Crippen molar-refractivity contribution in [2.75, 3.05) is 0 Å². The lowest BCUT2D eigenvalue weighted by molar-refractivity contribution is 1.14. The zero-order valence-corrected chi connectivity index (χ0v) is 7.08. The summed E-state index contributed by atoms with van der Waals surface area (Å²) in [5.74, 6) is 0. The Morgan fingerprint density at radius 1 is 1.40 bits per heavy atom. The number of nitrogens with zero attached hydrogens (tertiary/aromatic N) is 2. The molecule has 0 saturated heterocycles. The van der Waals surface area contributed by atoms with Gasteiger partial charge in [-0.15, -0.1) is 0 Å². The van der Waals surface area contributed by atoms with E-state index in [0.29, 0.717) is 0 Å². The van der Waals surface area contributed by atoms with Crippen LogP contribution in [0.5, 0.6) is 0 Å². The summed E-state index contributed by atoms with van der Waals surface area (Å²) in [5.41, 5.74) is 0. The maximum atomic E-state index is 5.63. The molecule has 0 fully saturated rings. The fourth-order valence-corrected chi connectivity index (χ4v) is 1.20. The molecule has 5 heteroatoms. The summed E-state index contributed by atoms with van der Waals surface area (Å²) >= 11 is 16.7. The number of halogens is 3. The normalized spacial score (nSPS) is 9.90. The Labute approximate surface area is 73.0 Å². The highest BCUT2D eigenvalue weighted by atomic mass is 35.5. The van der Waals surface area contributed by atoms with E-state index >= 15 is 0 Å². The van der Waals surface area contributed by atoms with E-state index in [9.17, 15) is 0 Å². The van der Waals surface area contributed by atoms with Crippen LogP contribution in [-0.4, -0.2) is 9.55 Å². The summed E-state index contributed by atoms with van der Waals surface area (Å²) < 4.78 is 1.38. The SMILES string of the molecule is C=Cn1c(Cl)nc(Cl)c1Cl. The number of hydrogen-bond donors (Lipinski definition) is 0. The Kier molecular flexibility index (Phi) is 2.24. The van der Waals surface area contributed by atoms with Gasteiger partial charge in [-0.1, -0.05) is 29.8 Å². The van der Waals surface area contributed by atoms with E-state index in [1.165, 1.54) is 10.8 Å². The molecule has 0 unspecified atom stereocenters. The molecule has 2 nitrogen and oxygen atoms in total. The summed E-state index contributed by atoms with van der Waals surface area (Å²) in [6, 6.07) is 0. The van der Waals surface area contributed by atoms with Gasteiger partial charge < -0.3 is 0 Å². The van der Waals surface area contributed by atoms with Crippen molar-refractivity contribution in [3.05, 3.63) is 22.2 Å². The van der Waals surface area contributed by atoms with Gasteiger partial charge in [0.1, 0.15) is 0 Å². The van der Waals surface area contributed by atoms with Gasteiger partial charge in [-0.2, -0.15) is 0 Å². The summed E-state index contributed by atoms with van der Waals surface area (Å²) in [4.78, 5) is 3.67. The Balaban J connectivity index is 3.33. The van der Waals surface area contributed by atoms with Gasteiger partial charge in [0.2, 0.25) is 5.28 Å². The van der Waals surface area contributed by atoms with E-state index in [0.717, 1.165) is 0 Å². The minimum Gasteiger partial charge on any atom is -0.280 e. The minimum absolute atomic E-state index is 0.187. The molecule has 10 heavy (non-hydrogen) atoms. The third kappa shape index (κ3) is 1.15. The molecule has 0 N–H and O–H groups in total. The summed E-state index contributed by atoms with van der Waals surface area (Å²) in [6.45, 7) is 3.46. The van der Waals surface area contributed by atoms with E-state index in [1.807, 2.05) is 0 Å². The predicted octanol–water partition coefficient (Wildman–Crippen LogP) is 2.94. The first-order valence-corrected chi connectivity index (χ1v) is 3.51. The average Bonchev–Trinajstić information content (AvgIpc) is 2.09. The molecule has 0 aliphatic rings. The van der Waals surface area contributed by atoms with Crippen molar-refractivity contribution in [3.8, 4) is 0 Å². The summed E-state index contributed by atoms with van der Waals surface area (Å²) in [5, 5.41) is 0.679. The molecule has 1 heterocycles. The van der Waals surface area contributed by atoms with Gasteiger partial charge in [0, 0.05) is 6.20 Å². The number of aromatic nitrogens is 2. The predicted molar refractivity (Wildman–Crippen MR) is 43.6 cm³/mol. The van der Waals surface area contributed by atoms with Gasteiger partial charge in [0.25, 0.3) is 0 Å². The molecule has 1 aromatic heterocycles. The maximum absolute atomic E-state index is 5.63. The fourth-order valence-electron chi connectivity index (χ4n) is 0.517. The van der Waals surface area contributed by atoms with Gasteiger partial charge >= 0.3 is 0 Å². The van der Waals surface area contributed by atoms with Crippen LogP contribution in [0.25, 0.3) is 6.20 Å². The average molecular weight is 197 g/mol. The molecular formula is C5H3Cl3N2. The fraction of sp³-hybridized carbons (Fsp3) is 0. The maximum Gasteiger partial charge on any atom is 0.209 e. The minimum atomic E-state index is 0.187. The third-order valence-corrected chi connectivity index (χ3v) is 1.94. The van der Waals surface area contributed by atoms with Gasteiger partial charge in [-0.3, -0.25) is 4.57 Å². The molecule has 0 atom stereocenters. The monoisotopic (exact) mass is 196 g/mol. The molecule has 1 aromatic rings. The van der Waals surface area contributed by atoms with Crippen LogP contribution in [0.15, 0.2) is 6.58 Å². The van der Waals surface area contributed by atoms with Gasteiger partial charge in [0.15, 0.2) is 10.3 Å². The first kappa shape index (κ1) is 7.92. The highest BCUT2D eigenvalue weighted by Crippen LogP contribution is 2.25. The van der Waals surface area contributed by atoms with E-state index in [2.05, 4.69) is 11.6 Å². The Hall–Kier alpha value is -0.180. The van der Waals surface area contributed by atoms with Crippen LogP contribution in [-0.2, 0) is 0 Å². The van der Waals surface area contributed by atoms with Gasteiger partial charge in [0.05, 0.1) is 0 Å². The van der Waals surface area contributed by atoms with Crippen LogP contribution in [0.1, 0.15) is 0 Å². The van der Waals surface area contributed by atoms with E-state index in [4.69, 9.17) is 34.8 Å². The van der Waals surface area contributed by atoms with E-state index < -0.39 is 0 Å². The zero-order valence-electron chi connectivity index (χ0n) is 4.81. The Morgan fingerprint density at radius 2 is 2.00 bits per heavy atom. The molecule has 1 rings (SSSR count). The van der Waals surface area contributed by atoms with Crippen molar-refractivity contribution >= 4 is 41.0 Å². The lowest BCUT2D eigenvalue weighted by atomic mass is 10.8. The van der Waals surface area contributed by atoms with E-state index in [-0.39, 0.29) is 15.6 Å². The van der Waals surface area contributed by atoms with Crippen molar-refractivity contribution in [2.24, 2.45) is 0 Å². The van der Waals surface area contributed by atoms with Gasteiger partial charge in [-0.05, 0) is 11.6 Å². The molecule has 0 amide bonds. The summed E-state index contributed by atoms with van der Waals surface area (Å²) in [7, 11) is 0. The van der Waals surface area contributed by atoms with Crippen molar-refractivity contribution in [2.45, 2.75) is 0 Å². The number of rotatable bonds is 1. The molecular weight excluding hydrogens is 194 g/mol. The van der Waals surface area contributed by atoms with Crippen LogP contribution in [0.3, 0.4) is 0 Å². The smallest absolute Gasteiger partial charge is 0.209 e. The Bertz CT molecular complexity index is 266. The second-order valence-corrected chi connectivity index (χ2v) is 2.57. The first-order valence-electron chi connectivity index (χ1n) is 2.38. The summed E-state index contributed by atoms with van der Waals surface area (Å²) in [6.07, 6.45) is 1.43. The molecule has 0 bridgehead atoms. The molecule has 0 aliphatic carbocycles. The molecule has 54 valence electrons. The number of imidazole rings is 1. The molecule has 0 aromatic carbocycles. The second kappa shape index (κ2) is 2.82. The van der Waals surface area contributed by atoms with Crippen LogP contribution in [0, 0.1) is 0 Å². The topological polar surface area (TPSA) is 17.8 Å². The van der Waals surface area contributed by atoms with Crippen LogP contribution in [0.2, 0.25) is 15.6 Å². The zero-order chi connectivity index (χ0) is 7.72. The third-order valence-electron chi connectivity index (χ3n) is 0.954. The largest absolute Gasteiger partial charge is 0.280 e. The van der Waals surface area contributed by atoms with Crippen LogP contribution >= 0.6 is 34.8 Å². The lowest BCUT2D eigenvalue weighted by Crippen LogP contribution is -1.82. The molecule has 0 aliphatic heterocycles. The van der Waals surface area contributed by atoms with Crippen molar-refractivity contribution in [3.63, 3.8) is 0 Å². The van der Waals surface area contributed by atoms with Gasteiger partial charge in [-0.25, -0.2) is 4.98 Å².